The van der Waals surface area contributed by atoms with Crippen molar-refractivity contribution in [2.75, 3.05) is 0 Å². The lowest BCUT2D eigenvalue weighted by Gasteiger charge is -2.13. The van der Waals surface area contributed by atoms with E-state index < -0.39 is 0 Å². The van der Waals surface area contributed by atoms with Crippen LogP contribution >= 0.6 is 0 Å². The Bertz CT molecular complexity index is 352. The largest absolute Gasteiger partial charge is 0.241 e. The van der Waals surface area contributed by atoms with Gasteiger partial charge in [-0.1, -0.05) is 27.7 Å². The fourth-order valence-corrected chi connectivity index (χ4v) is 1.87. The Morgan fingerprint density at radius 1 is 1.13 bits per heavy atom. The molecule has 1 aliphatic carbocycles. The van der Waals surface area contributed by atoms with Crippen molar-refractivity contribution in [3.63, 3.8) is 0 Å². The molecule has 0 N–H and O–H groups in total. The summed E-state index contributed by atoms with van der Waals surface area (Å²) in [5.74, 6) is 2.68. The summed E-state index contributed by atoms with van der Waals surface area (Å²) in [6, 6.07) is 0. The molecule has 1 aromatic rings. The summed E-state index contributed by atoms with van der Waals surface area (Å²) in [6.07, 6.45) is 4.71. The minimum absolute atomic E-state index is 0.427. The molecule has 0 amide bonds. The second-order valence-corrected chi connectivity index (χ2v) is 5.15. The Hall–Kier alpha value is -0.920. The molecule has 1 fully saturated rings. The van der Waals surface area contributed by atoms with Crippen molar-refractivity contribution in [1.29, 1.82) is 0 Å². The van der Waals surface area contributed by atoms with E-state index in [-0.39, 0.29) is 0 Å². The normalized spacial score (nSPS) is 16.4. The van der Waals surface area contributed by atoms with Crippen LogP contribution in [0.1, 0.15) is 75.4 Å². The number of hydrogen-bond acceptors (Lipinski definition) is 2. The van der Waals surface area contributed by atoms with Crippen LogP contribution in [-0.4, -0.2) is 9.97 Å². The molecule has 82 valence electrons. The van der Waals surface area contributed by atoms with Gasteiger partial charge in [0.25, 0.3) is 0 Å². The number of rotatable bonds is 3. The maximum absolute atomic E-state index is 4.72. The minimum Gasteiger partial charge on any atom is -0.241 e. The Morgan fingerprint density at radius 3 is 2.27 bits per heavy atom. The van der Waals surface area contributed by atoms with Gasteiger partial charge in [0.2, 0.25) is 0 Å². The van der Waals surface area contributed by atoms with Crippen LogP contribution in [0.25, 0.3) is 0 Å². The monoisotopic (exact) mass is 204 g/mol. The first-order chi connectivity index (χ1) is 7.09. The third kappa shape index (κ3) is 2.19. The van der Waals surface area contributed by atoms with Gasteiger partial charge in [-0.15, -0.1) is 0 Å². The highest BCUT2D eigenvalue weighted by molar-refractivity contribution is 5.28. The topological polar surface area (TPSA) is 25.8 Å². The van der Waals surface area contributed by atoms with Crippen molar-refractivity contribution >= 4 is 0 Å². The summed E-state index contributed by atoms with van der Waals surface area (Å²) in [6.45, 7) is 8.74. The summed E-state index contributed by atoms with van der Waals surface area (Å²) in [5, 5.41) is 0. The van der Waals surface area contributed by atoms with Crippen LogP contribution in [0.15, 0.2) is 6.20 Å². The Kier molecular flexibility index (Phi) is 2.76. The van der Waals surface area contributed by atoms with Crippen LogP contribution in [-0.2, 0) is 0 Å². The third-order valence-electron chi connectivity index (χ3n) is 2.95. The highest BCUT2D eigenvalue weighted by atomic mass is 14.9. The van der Waals surface area contributed by atoms with E-state index in [1.54, 1.807) is 0 Å². The van der Waals surface area contributed by atoms with Gasteiger partial charge in [0, 0.05) is 12.1 Å². The SMILES string of the molecule is CC(C)c1ncc(C2CC2)c(C(C)C)n1. The molecule has 0 aliphatic heterocycles. The molecule has 0 unspecified atom stereocenters. The van der Waals surface area contributed by atoms with Gasteiger partial charge in [0.05, 0.1) is 5.69 Å². The summed E-state index contributed by atoms with van der Waals surface area (Å²) >= 11 is 0. The molecule has 2 heteroatoms. The smallest absolute Gasteiger partial charge is 0.131 e. The number of aromatic nitrogens is 2. The fraction of sp³-hybridized carbons (Fsp3) is 0.692. The zero-order valence-electron chi connectivity index (χ0n) is 10.1. The molecule has 0 bridgehead atoms. The lowest BCUT2D eigenvalue weighted by molar-refractivity contribution is 0.714. The van der Waals surface area contributed by atoms with Gasteiger partial charge < -0.3 is 0 Å². The second kappa shape index (κ2) is 3.92. The summed E-state index contributed by atoms with van der Waals surface area (Å²) < 4.78 is 0. The maximum atomic E-state index is 4.72. The number of nitrogens with zero attached hydrogens (tertiary/aromatic N) is 2. The molecule has 1 aliphatic rings. The first kappa shape index (κ1) is 10.6. The Balaban J connectivity index is 2.39. The molecule has 2 rings (SSSR count). The molecule has 0 saturated heterocycles. The molecule has 0 aromatic carbocycles. The lowest BCUT2D eigenvalue weighted by atomic mass is 10.0. The highest BCUT2D eigenvalue weighted by Crippen LogP contribution is 2.42. The molecular formula is C13H20N2. The van der Waals surface area contributed by atoms with Crippen molar-refractivity contribution in [3.8, 4) is 0 Å². The van der Waals surface area contributed by atoms with Gasteiger partial charge in [-0.3, -0.25) is 0 Å². The van der Waals surface area contributed by atoms with Gasteiger partial charge in [-0.25, -0.2) is 9.97 Å². The summed E-state index contributed by atoms with van der Waals surface area (Å²) in [7, 11) is 0. The zero-order chi connectivity index (χ0) is 11.0. The molecular weight excluding hydrogens is 184 g/mol. The van der Waals surface area contributed by atoms with Crippen molar-refractivity contribution in [2.45, 2.75) is 58.3 Å². The van der Waals surface area contributed by atoms with Crippen LogP contribution in [0.3, 0.4) is 0 Å². The van der Waals surface area contributed by atoms with E-state index in [9.17, 15) is 0 Å². The van der Waals surface area contributed by atoms with E-state index in [2.05, 4.69) is 38.9 Å². The van der Waals surface area contributed by atoms with E-state index in [0.29, 0.717) is 11.8 Å². The van der Waals surface area contributed by atoms with Crippen LogP contribution in [0.5, 0.6) is 0 Å². The highest BCUT2D eigenvalue weighted by Gasteiger charge is 2.28. The predicted molar refractivity (Wildman–Crippen MR) is 62.2 cm³/mol. The Morgan fingerprint density at radius 2 is 1.80 bits per heavy atom. The van der Waals surface area contributed by atoms with Crippen molar-refractivity contribution < 1.29 is 0 Å². The van der Waals surface area contributed by atoms with Crippen LogP contribution in [0, 0.1) is 0 Å². The van der Waals surface area contributed by atoms with Gasteiger partial charge >= 0.3 is 0 Å². The second-order valence-electron chi connectivity index (χ2n) is 5.15. The van der Waals surface area contributed by atoms with E-state index in [4.69, 9.17) is 4.98 Å². The van der Waals surface area contributed by atoms with Gasteiger partial charge in [0.15, 0.2) is 0 Å². The van der Waals surface area contributed by atoms with E-state index in [0.717, 1.165) is 11.7 Å². The predicted octanol–water partition coefficient (Wildman–Crippen LogP) is 3.60. The number of hydrogen-bond donors (Lipinski definition) is 0. The first-order valence-corrected chi connectivity index (χ1v) is 5.96. The van der Waals surface area contributed by atoms with Gasteiger partial charge in [0.1, 0.15) is 5.82 Å². The summed E-state index contributed by atoms with van der Waals surface area (Å²) in [4.78, 5) is 9.19. The molecule has 0 spiro atoms. The maximum Gasteiger partial charge on any atom is 0.131 e. The van der Waals surface area contributed by atoms with Crippen molar-refractivity contribution in [1.82, 2.24) is 9.97 Å². The fourth-order valence-electron chi connectivity index (χ4n) is 1.87. The first-order valence-electron chi connectivity index (χ1n) is 5.96. The lowest BCUT2D eigenvalue weighted by Crippen LogP contribution is -2.06. The third-order valence-corrected chi connectivity index (χ3v) is 2.95. The summed E-state index contributed by atoms with van der Waals surface area (Å²) in [5.41, 5.74) is 2.67. The average Bonchev–Trinajstić information content (AvgIpc) is 2.99. The molecule has 1 aromatic heterocycles. The van der Waals surface area contributed by atoms with Crippen molar-refractivity contribution in [2.24, 2.45) is 0 Å². The molecule has 1 saturated carbocycles. The molecule has 2 nitrogen and oxygen atoms in total. The minimum atomic E-state index is 0.427. The van der Waals surface area contributed by atoms with Crippen LogP contribution < -0.4 is 0 Å². The standard InChI is InChI=1S/C13H20N2/c1-8(2)12-11(10-5-6-10)7-14-13(15-12)9(3)4/h7-10H,5-6H2,1-4H3. The van der Waals surface area contributed by atoms with E-state index in [1.807, 2.05) is 0 Å². The van der Waals surface area contributed by atoms with Crippen LogP contribution in [0.2, 0.25) is 0 Å². The quantitative estimate of drug-likeness (QED) is 0.751. The molecule has 0 atom stereocenters. The average molecular weight is 204 g/mol. The molecule has 15 heavy (non-hydrogen) atoms. The molecule has 0 radical (unpaired) electrons. The van der Waals surface area contributed by atoms with Crippen LogP contribution in [0.4, 0.5) is 0 Å². The zero-order valence-corrected chi connectivity index (χ0v) is 10.1. The Labute approximate surface area is 92.1 Å². The van der Waals surface area contributed by atoms with E-state index >= 15 is 0 Å². The van der Waals surface area contributed by atoms with Gasteiger partial charge in [-0.2, -0.15) is 0 Å². The van der Waals surface area contributed by atoms with Crippen molar-refractivity contribution in [3.05, 3.63) is 23.3 Å². The van der Waals surface area contributed by atoms with Gasteiger partial charge in [-0.05, 0) is 30.2 Å². The molecule has 1 heterocycles. The van der Waals surface area contributed by atoms with E-state index in [1.165, 1.54) is 24.1 Å².